The Morgan fingerprint density at radius 2 is 0.541 bits per heavy atom. The lowest BCUT2D eigenvalue weighted by Crippen LogP contribution is -2.15. The molecule has 0 unspecified atom stereocenters. The molecule has 7 N–H and O–H groups in total. The molecule has 0 fully saturated rings. The zero-order valence-electron chi connectivity index (χ0n) is 77.2. The molecule has 0 radical (unpaired) electrons. The van der Waals surface area contributed by atoms with E-state index in [1.54, 1.807) is 257 Å². The second kappa shape index (κ2) is 53.0. The van der Waals surface area contributed by atoms with Crippen molar-refractivity contribution in [3.8, 4) is 80.6 Å². The van der Waals surface area contributed by atoms with Crippen molar-refractivity contribution in [2.75, 3.05) is 37.2 Å². The zero-order chi connectivity index (χ0) is 103. The number of rotatable bonds is 21. The summed E-state index contributed by atoms with van der Waals surface area (Å²) in [5, 5.41) is 20.1. The number of amides is 7. The van der Waals surface area contributed by atoms with E-state index < -0.39 is 0 Å². The number of benzene rings is 2. The molecule has 19 heterocycles. The summed E-state index contributed by atoms with van der Waals surface area (Å²) in [6, 6.07) is 63.7. The molecule has 2 aromatic carbocycles. The third-order valence-electron chi connectivity index (χ3n) is 19.3. The van der Waals surface area contributed by atoms with E-state index in [1.807, 2.05) is 127 Å². The minimum atomic E-state index is -0.301. The van der Waals surface area contributed by atoms with Crippen LogP contribution in [0.5, 0.6) is 0 Å². The highest BCUT2D eigenvalue weighted by molar-refractivity contribution is 7.11. The number of carbonyl (C=O) groups excluding carboxylic acids is 7. The predicted molar refractivity (Wildman–Crippen MR) is 553 cm³/mol. The topological polar surface area (TPSA) is 544 Å². The third kappa shape index (κ3) is 30.9. The molecule has 724 valence electrons. The first-order valence-electron chi connectivity index (χ1n) is 43.9. The second-order valence-electron chi connectivity index (χ2n) is 29.7. The first kappa shape index (κ1) is 102. The first-order valence-corrected chi connectivity index (χ1v) is 45.5. The molecule has 0 saturated heterocycles. The van der Waals surface area contributed by atoms with Crippen LogP contribution in [0.2, 0.25) is 10.0 Å². The lowest BCUT2D eigenvalue weighted by atomic mass is 10.2. The average Bonchev–Trinajstić information content (AvgIpc) is 1.08. The molecule has 0 saturated carbocycles. The van der Waals surface area contributed by atoms with Crippen LogP contribution in [0.1, 0.15) is 72.1 Å². The van der Waals surface area contributed by atoms with Crippen molar-refractivity contribution in [3.05, 3.63) is 452 Å². The van der Waals surface area contributed by atoms with Crippen molar-refractivity contribution in [1.82, 2.24) is 134 Å². The number of hydrogen-bond acceptors (Lipinski definition) is 34. The molecular weight excluding hydrogens is 1940 g/mol. The minimum Gasteiger partial charge on any atom is -0.330 e. The van der Waals surface area contributed by atoms with Gasteiger partial charge in [0.1, 0.15) is 56.1 Å². The summed E-state index contributed by atoms with van der Waals surface area (Å²) in [6.45, 7) is 0. The van der Waals surface area contributed by atoms with Gasteiger partial charge in [-0.1, -0.05) is 77.8 Å². The molecule has 0 atom stereocenters. The van der Waals surface area contributed by atoms with Crippen LogP contribution >= 0.6 is 34.5 Å². The number of anilines is 7. The summed E-state index contributed by atoms with van der Waals surface area (Å²) in [6.07, 6.45) is 45.8. The van der Waals surface area contributed by atoms with Gasteiger partial charge >= 0.3 is 0 Å². The number of aromatic nitrogens is 27. The molecule has 0 aliphatic carbocycles. The van der Waals surface area contributed by atoms with Gasteiger partial charge in [-0.3, -0.25) is 88.4 Å². The zero-order valence-corrected chi connectivity index (χ0v) is 79.5. The number of pyridine rings is 10. The fraction of sp³-hybridized carbons (Fsp3) is 0.00962. The lowest BCUT2D eigenvalue weighted by molar-refractivity contribution is 0.101. The first-order chi connectivity index (χ1) is 72.5. The Morgan fingerprint density at radius 3 is 0.838 bits per heavy atom. The van der Waals surface area contributed by atoms with E-state index in [1.165, 1.54) is 42.3 Å². The van der Waals surface area contributed by atoms with Crippen LogP contribution in [0, 0.1) is 0 Å². The van der Waals surface area contributed by atoms with Gasteiger partial charge in [-0.15, -0.1) is 11.3 Å². The summed E-state index contributed by atoms with van der Waals surface area (Å²) in [5.41, 5.74) is 12.8. The van der Waals surface area contributed by atoms with Crippen LogP contribution in [0.25, 0.3) is 80.6 Å². The van der Waals surface area contributed by atoms with Gasteiger partial charge < -0.3 is 41.8 Å². The van der Waals surface area contributed by atoms with Gasteiger partial charge in [0, 0.05) is 108 Å². The molecule has 0 aliphatic heterocycles. The molecule has 0 spiro atoms. The van der Waals surface area contributed by atoms with Crippen LogP contribution in [0.15, 0.2) is 404 Å². The van der Waals surface area contributed by atoms with Crippen molar-refractivity contribution in [1.29, 1.82) is 0 Å². The van der Waals surface area contributed by atoms with Gasteiger partial charge in [0.2, 0.25) is 0 Å². The largest absolute Gasteiger partial charge is 0.330 e. The smallest absolute Gasteiger partial charge is 0.274 e. The number of thiazole rings is 1. The summed E-state index contributed by atoms with van der Waals surface area (Å²) >= 11 is 12.9. The van der Waals surface area contributed by atoms with E-state index in [9.17, 15) is 33.6 Å². The average molecular weight is 2020 g/mol. The fourth-order valence-electron chi connectivity index (χ4n) is 12.2. The summed E-state index contributed by atoms with van der Waals surface area (Å²) in [7, 11) is 1.75. The van der Waals surface area contributed by atoms with Crippen molar-refractivity contribution in [3.63, 3.8) is 0 Å². The number of imidazole rings is 1. The Morgan fingerprint density at radius 1 is 0.230 bits per heavy atom. The van der Waals surface area contributed by atoms with Gasteiger partial charge in [-0.2, -0.15) is 0 Å². The maximum Gasteiger partial charge on any atom is 0.274 e. The monoisotopic (exact) mass is 2010 g/mol. The van der Waals surface area contributed by atoms with E-state index in [4.69, 9.17) is 23.2 Å². The molecule has 0 aliphatic rings. The third-order valence-corrected chi connectivity index (χ3v) is 20.5. The lowest BCUT2D eigenvalue weighted by Gasteiger charge is -2.05. The molecular formula is C104H76Cl2N34O7S. The highest BCUT2D eigenvalue weighted by Crippen LogP contribution is 2.24. The SMILES string of the molecule is Cn1cncc1C(=O)Nc1cnc(-c2ccccn2)nc1.O=C(Nc1cnc(-c2ccccn2)nc1)c1ccc(Cl)cc1.O=C(Nc1cnc(-c2ccccn2)nc1)c1cccc(Cl)c1.O=C(Nc1cnc(-c2ccccn2)nc1)c1ccccn1.O=C(Nc1cnc(-c2ccccn2)nc1)c1cccnc1.O=C(Nc1cnc(-c2ccccn2)nc1)c1ccncc1.O=C(Nc1cnc(-c2ccccn2)nc1)c1cncs1. The van der Waals surface area contributed by atoms with Crippen LogP contribution in [0.3, 0.4) is 0 Å². The van der Waals surface area contributed by atoms with E-state index in [0.29, 0.717) is 169 Å². The fourth-order valence-corrected chi connectivity index (χ4v) is 13.0. The van der Waals surface area contributed by atoms with Gasteiger partial charge in [0.25, 0.3) is 41.4 Å². The molecule has 19 aromatic heterocycles. The maximum atomic E-state index is 12.1. The Bertz CT molecular complexity index is 7520. The second-order valence-corrected chi connectivity index (χ2v) is 31.5. The van der Waals surface area contributed by atoms with Crippen molar-refractivity contribution in [2.45, 2.75) is 0 Å². The van der Waals surface area contributed by atoms with Crippen molar-refractivity contribution in [2.24, 2.45) is 7.05 Å². The van der Waals surface area contributed by atoms with Crippen LogP contribution < -0.4 is 37.2 Å². The normalized spacial score (nSPS) is 10.2. The highest BCUT2D eigenvalue weighted by Gasteiger charge is 2.18. The molecule has 44 heteroatoms. The van der Waals surface area contributed by atoms with Crippen molar-refractivity contribution < 1.29 is 33.6 Å². The number of hydrogen-bond donors (Lipinski definition) is 7. The number of carbonyl (C=O) groups is 7. The van der Waals surface area contributed by atoms with Crippen molar-refractivity contribution >= 4 is 116 Å². The molecule has 21 aromatic rings. The van der Waals surface area contributed by atoms with E-state index in [0.717, 1.165) is 0 Å². The van der Waals surface area contributed by atoms with E-state index >= 15 is 0 Å². The quantitative estimate of drug-likeness (QED) is 0.0351. The highest BCUT2D eigenvalue weighted by atomic mass is 35.5. The Kier molecular flexibility index (Phi) is 36.4. The van der Waals surface area contributed by atoms with Gasteiger partial charge in [-0.25, -0.2) is 74.8 Å². The van der Waals surface area contributed by atoms with Crippen LogP contribution in [-0.4, -0.2) is 176 Å². The molecule has 7 amide bonds. The molecule has 148 heavy (non-hydrogen) atoms. The molecule has 21 rings (SSSR count). The van der Waals surface area contributed by atoms with Crippen LogP contribution in [0.4, 0.5) is 39.8 Å². The number of aryl methyl sites for hydroxylation is 1. The van der Waals surface area contributed by atoms with E-state index in [2.05, 4.69) is 167 Å². The van der Waals surface area contributed by atoms with Crippen LogP contribution in [-0.2, 0) is 7.05 Å². The van der Waals surface area contributed by atoms with Gasteiger partial charge in [0.15, 0.2) is 40.8 Å². The van der Waals surface area contributed by atoms with Gasteiger partial charge in [0.05, 0.1) is 156 Å². The molecule has 41 nitrogen and oxygen atoms in total. The maximum absolute atomic E-state index is 12.1. The number of nitrogens with zero attached hydrogens (tertiary/aromatic N) is 27. The number of nitrogens with one attached hydrogen (secondary N) is 7. The summed E-state index contributed by atoms with van der Waals surface area (Å²) < 4.78 is 1.64. The summed E-state index contributed by atoms with van der Waals surface area (Å²) in [4.78, 5) is 192. The number of halogens is 2. The van der Waals surface area contributed by atoms with Gasteiger partial charge in [-0.05, 0) is 164 Å². The molecule has 0 bridgehead atoms. The Hall–Kier alpha value is -20.8. The summed E-state index contributed by atoms with van der Waals surface area (Å²) in [5.74, 6) is 1.78. The minimum absolute atomic E-state index is 0.221. The predicted octanol–water partition coefficient (Wildman–Crippen LogP) is 17.2. The Labute approximate surface area is 855 Å². The van der Waals surface area contributed by atoms with E-state index in [-0.39, 0.29) is 41.4 Å². The Balaban J connectivity index is 0.000000129. The standard InChI is InChI=1S/2C16H11ClN4O.3C15H11N5O.C14H12N6O.C13H9N5OS/c17-12-5-3-4-11(8-12)16(22)21-13-9-19-15(20-10-13)14-6-1-2-7-18-14;17-12-6-4-11(5-7-12)16(22)21-13-9-19-15(20-10-13)14-3-1-2-8-18-14;21-15(13-6-2-4-8-17-13)20-11-9-18-14(19-10-11)12-5-1-3-7-16-12;21-15(11-4-3-6-16-8-11)20-12-9-18-14(19-10-12)13-5-1-2-7-17-13;21-15(11-4-7-16-8-5-11)20-12-9-18-14(19-10-12)13-3-1-2-6-17-13;1-20-9-15-8-12(20)14(21)19-10-6-17-13(18-7-10)11-4-2-3-5-16-11;19-13(11-7-14-8-20-11)18-9-5-16-12(17-6-9)10-3-1-2-4-15-10/h2*1-10H,(H,21,22);3*1-10H,(H,20,21);2-9H,1H3,(H,19,21);1-8H,(H,18,19).